The van der Waals surface area contributed by atoms with Crippen LogP contribution in [0.3, 0.4) is 0 Å². The van der Waals surface area contributed by atoms with E-state index >= 15 is 0 Å². The molecule has 0 amide bonds. The maximum atomic E-state index is 8.25. The van der Waals surface area contributed by atoms with Crippen molar-refractivity contribution in [2.75, 3.05) is 0 Å². The van der Waals surface area contributed by atoms with Crippen molar-refractivity contribution in [3.05, 3.63) is 91.9 Å². The Labute approximate surface area is 144 Å². The fourth-order valence-electron chi connectivity index (χ4n) is 0. The van der Waals surface area contributed by atoms with Gasteiger partial charge < -0.3 is 91.9 Å². The van der Waals surface area contributed by atoms with Crippen LogP contribution in [0.5, 0.6) is 0 Å². The van der Waals surface area contributed by atoms with E-state index in [9.17, 15) is 0 Å². The summed E-state index contributed by atoms with van der Waals surface area (Å²) in [5, 5.41) is 88.5. The van der Waals surface area contributed by atoms with Gasteiger partial charge in [0.25, 0.3) is 0 Å². The Kier molecular flexibility index (Phi) is 63.0. The van der Waals surface area contributed by atoms with Gasteiger partial charge in [0.15, 0.2) is 0 Å². The predicted octanol–water partition coefficient (Wildman–Crippen LogP) is -1.44. The molecule has 0 aromatic rings. The fourth-order valence-corrected chi connectivity index (χ4v) is 0. The maximum Gasteiger partial charge on any atom is 0.0689 e. The molecule has 0 aliphatic heterocycles. The molecule has 0 bridgehead atoms. The van der Waals surface area contributed by atoms with Crippen molar-refractivity contribution in [1.29, 1.82) is 0 Å². The van der Waals surface area contributed by atoms with Crippen molar-refractivity contribution in [2.24, 2.45) is 0 Å². The summed E-state index contributed by atoms with van der Waals surface area (Å²) >= 11 is 0. The van der Waals surface area contributed by atoms with Crippen molar-refractivity contribution in [1.82, 2.24) is 0 Å². The monoisotopic (exact) mass is 470 g/mol. The minimum absolute atomic E-state index is 0. The average Bonchev–Trinajstić information content (AvgIpc) is 2.08. The molecule has 0 rings (SSSR count). The van der Waals surface area contributed by atoms with Crippen molar-refractivity contribution in [3.63, 3.8) is 0 Å². The van der Waals surface area contributed by atoms with E-state index in [2.05, 4.69) is 0 Å². The Bertz CT molecular complexity index is 257. The van der Waals surface area contributed by atoms with Crippen molar-refractivity contribution in [3.8, 4) is 0 Å². The molecule has 0 aliphatic carbocycles. The number of rotatable bonds is 0. The van der Waals surface area contributed by atoms with Crippen LogP contribution in [0.15, 0.2) is 0 Å². The van der Waals surface area contributed by atoms with Crippen molar-refractivity contribution >= 4 is 0 Å². The molecule has 25 heavy (non-hydrogen) atoms. The van der Waals surface area contributed by atoms with Crippen LogP contribution in [0, 0.1) is 91.9 Å². The summed E-state index contributed by atoms with van der Waals surface area (Å²) < 4.78 is 0. The smallest absolute Gasteiger partial charge is 0.0689 e. The molecule has 0 fully saturated rings. The largest absolute Gasteiger partial charge is 0.356 e. The molecule has 0 aliphatic rings. The number of hydrogen-bond acceptors (Lipinski definition) is 18. The minimum atomic E-state index is -1.75. The molecule has 25 heteroatoms. The SMILES string of the molecule is O=[N+]([O-])[O-].O=[N+]([O-])[O-].O=[N+]([O-])[O-].O=[N+]([O-])[O-].O=[N+]([O-])[O-].O=[N+]([O-])[O-].[Mo]. The van der Waals surface area contributed by atoms with Crippen LogP contribution in [0.4, 0.5) is 0 Å². The second kappa shape index (κ2) is 36.8. The van der Waals surface area contributed by atoms with Gasteiger partial charge in [-0.3, -0.25) is 0 Å². The summed E-state index contributed by atoms with van der Waals surface area (Å²) in [5.74, 6) is 0. The second-order valence-corrected chi connectivity index (χ2v) is 1.34. The third kappa shape index (κ3) is 376. The summed E-state index contributed by atoms with van der Waals surface area (Å²) in [6.45, 7) is 0. The summed E-state index contributed by atoms with van der Waals surface area (Å²) in [4.78, 5) is 49.5. The quantitative estimate of drug-likeness (QED) is 0.223. The molecule has 0 N–H and O–H groups in total. The zero-order chi connectivity index (χ0) is 21.5. The summed E-state index contributed by atoms with van der Waals surface area (Å²) in [7, 11) is 0. The molecular weight excluding hydrogens is 468 g/mol. The zero-order valence-electron chi connectivity index (χ0n) is 10.4. The summed E-state index contributed by atoms with van der Waals surface area (Å²) in [5.41, 5.74) is 0. The van der Waals surface area contributed by atoms with Crippen LogP contribution in [-0.2, 0) is 21.1 Å². The van der Waals surface area contributed by atoms with Crippen LogP contribution in [0.25, 0.3) is 0 Å². The number of nitrogens with zero attached hydrogens (tertiary/aromatic N) is 6. The zero-order valence-corrected chi connectivity index (χ0v) is 12.4. The van der Waals surface area contributed by atoms with Crippen LogP contribution in [0.2, 0.25) is 0 Å². The Morgan fingerprint density at radius 1 is 0.280 bits per heavy atom. The average molecular weight is 468 g/mol. The molecule has 0 radical (unpaired) electrons. The first kappa shape index (κ1) is 42.8. The van der Waals surface area contributed by atoms with Gasteiger partial charge in [0, 0.05) is 21.1 Å². The van der Waals surface area contributed by atoms with E-state index in [4.69, 9.17) is 91.9 Å². The first-order valence-electron chi connectivity index (χ1n) is 3.29. The van der Waals surface area contributed by atoms with E-state index in [1.54, 1.807) is 0 Å². The van der Waals surface area contributed by atoms with Gasteiger partial charge >= 0.3 is 0 Å². The summed E-state index contributed by atoms with van der Waals surface area (Å²) in [6, 6.07) is 0. The van der Waals surface area contributed by atoms with Crippen molar-refractivity contribution < 1.29 is 51.6 Å². The predicted molar refractivity (Wildman–Crippen MR) is 62.2 cm³/mol. The maximum absolute atomic E-state index is 8.25. The van der Waals surface area contributed by atoms with Gasteiger partial charge in [-0.25, -0.2) is 0 Å². The fraction of sp³-hybridized carbons (Fsp3) is 0. The van der Waals surface area contributed by atoms with Gasteiger partial charge in [0.05, 0.1) is 30.5 Å². The van der Waals surface area contributed by atoms with E-state index in [1.165, 1.54) is 0 Å². The second-order valence-electron chi connectivity index (χ2n) is 1.34. The van der Waals surface area contributed by atoms with Gasteiger partial charge in [-0.15, -0.1) is 0 Å². The molecule has 0 saturated carbocycles. The first-order valence-corrected chi connectivity index (χ1v) is 3.29. The van der Waals surface area contributed by atoms with Crippen molar-refractivity contribution in [2.45, 2.75) is 0 Å². The van der Waals surface area contributed by atoms with Crippen LogP contribution >= 0.6 is 0 Å². The van der Waals surface area contributed by atoms with E-state index in [0.717, 1.165) is 0 Å². The Balaban J connectivity index is -0.0000000309. The van der Waals surface area contributed by atoms with Gasteiger partial charge in [0.1, 0.15) is 0 Å². The molecule has 0 unspecified atom stereocenters. The third-order valence-electron chi connectivity index (χ3n) is 0. The molecule has 0 saturated heterocycles. The van der Waals surface area contributed by atoms with E-state index in [0.29, 0.717) is 0 Å². The van der Waals surface area contributed by atoms with Gasteiger partial charge in [-0.2, -0.15) is 0 Å². The van der Waals surface area contributed by atoms with Gasteiger partial charge in [0.2, 0.25) is 0 Å². The standard InChI is InChI=1S/Mo.6NO3/c;6*2-1(3)4/q;6*-1. The summed E-state index contributed by atoms with van der Waals surface area (Å²) in [6.07, 6.45) is 0. The topological polar surface area (TPSA) is 397 Å². The van der Waals surface area contributed by atoms with E-state index in [1.807, 2.05) is 0 Å². The normalized spacial score (nSPS) is 5.76. The van der Waals surface area contributed by atoms with Gasteiger partial charge in [-0.05, 0) is 0 Å². The van der Waals surface area contributed by atoms with E-state index in [-0.39, 0.29) is 21.1 Å². The minimum Gasteiger partial charge on any atom is -0.356 e. The molecule has 0 spiro atoms. The molecule has 0 aromatic carbocycles. The Morgan fingerprint density at radius 2 is 0.280 bits per heavy atom. The Hall–Kier alpha value is -4.11. The molecule has 0 aromatic heterocycles. The number of hydrogen-bond donors (Lipinski definition) is 0. The molecule has 150 valence electrons. The van der Waals surface area contributed by atoms with Crippen LogP contribution in [0.1, 0.15) is 0 Å². The Morgan fingerprint density at radius 3 is 0.280 bits per heavy atom. The van der Waals surface area contributed by atoms with E-state index < -0.39 is 30.5 Å². The third-order valence-corrected chi connectivity index (χ3v) is 0. The first-order chi connectivity index (χ1) is 10.4. The molecule has 24 nitrogen and oxygen atoms in total. The van der Waals surface area contributed by atoms with Crippen LogP contribution in [-0.4, -0.2) is 30.5 Å². The molecule has 0 atom stereocenters. The molecular formula is MoN6O18-6. The van der Waals surface area contributed by atoms with Crippen LogP contribution < -0.4 is 0 Å². The molecule has 0 heterocycles. The van der Waals surface area contributed by atoms with Gasteiger partial charge in [-0.1, -0.05) is 0 Å².